The van der Waals surface area contributed by atoms with Crippen molar-refractivity contribution in [1.29, 1.82) is 0 Å². The summed E-state index contributed by atoms with van der Waals surface area (Å²) >= 11 is 0. The van der Waals surface area contributed by atoms with Crippen LogP contribution in [0.1, 0.15) is 33.6 Å². The van der Waals surface area contributed by atoms with Crippen molar-refractivity contribution in [3.05, 3.63) is 30.2 Å². The number of fused-ring (bicyclic) bond motifs is 1. The number of benzene rings is 1. The van der Waals surface area contributed by atoms with Gasteiger partial charge in [0.25, 0.3) is 0 Å². The Hall–Kier alpha value is -1.84. The minimum absolute atomic E-state index is 0.151. The Labute approximate surface area is 113 Å². The average molecular weight is 261 g/mol. The summed E-state index contributed by atoms with van der Waals surface area (Å²) in [5.41, 5.74) is 7.14. The Morgan fingerprint density at radius 2 is 2.05 bits per heavy atom. The lowest BCUT2D eigenvalue weighted by Gasteiger charge is -2.30. The number of hydrogen-bond acceptors (Lipinski definition) is 3. The zero-order valence-electron chi connectivity index (χ0n) is 11.6. The van der Waals surface area contributed by atoms with Crippen molar-refractivity contribution in [2.75, 3.05) is 11.1 Å². The molecule has 4 heteroatoms. The SMILES string of the molecule is CCC(C)(CC)Nc1c(F)cc(N)c2cccnc12. The van der Waals surface area contributed by atoms with Gasteiger partial charge in [0.1, 0.15) is 0 Å². The Morgan fingerprint density at radius 1 is 1.37 bits per heavy atom. The van der Waals surface area contributed by atoms with Crippen molar-refractivity contribution in [3.8, 4) is 0 Å². The number of nitrogens with one attached hydrogen (secondary N) is 1. The maximum atomic E-state index is 14.2. The largest absolute Gasteiger partial charge is 0.398 e. The summed E-state index contributed by atoms with van der Waals surface area (Å²) < 4.78 is 14.2. The van der Waals surface area contributed by atoms with Crippen LogP contribution in [-0.2, 0) is 0 Å². The molecular weight excluding hydrogens is 241 g/mol. The number of rotatable bonds is 4. The molecule has 3 nitrogen and oxygen atoms in total. The van der Waals surface area contributed by atoms with Gasteiger partial charge in [0, 0.05) is 22.8 Å². The minimum atomic E-state index is -0.350. The molecule has 102 valence electrons. The predicted molar refractivity (Wildman–Crippen MR) is 78.7 cm³/mol. The molecule has 0 amide bonds. The fraction of sp³-hybridized carbons (Fsp3) is 0.400. The number of nitrogens with zero attached hydrogens (tertiary/aromatic N) is 1. The molecule has 1 aromatic carbocycles. The van der Waals surface area contributed by atoms with Crippen LogP contribution in [0.25, 0.3) is 10.9 Å². The molecule has 0 aliphatic rings. The van der Waals surface area contributed by atoms with Gasteiger partial charge in [-0.1, -0.05) is 13.8 Å². The number of pyridine rings is 1. The highest BCUT2D eigenvalue weighted by atomic mass is 19.1. The molecule has 0 bridgehead atoms. The van der Waals surface area contributed by atoms with E-state index in [9.17, 15) is 4.39 Å². The van der Waals surface area contributed by atoms with E-state index in [1.807, 2.05) is 6.07 Å². The van der Waals surface area contributed by atoms with Crippen LogP contribution in [0.15, 0.2) is 24.4 Å². The number of nitrogen functional groups attached to an aromatic ring is 1. The van der Waals surface area contributed by atoms with E-state index in [4.69, 9.17) is 5.73 Å². The number of anilines is 2. The van der Waals surface area contributed by atoms with E-state index in [-0.39, 0.29) is 11.4 Å². The van der Waals surface area contributed by atoms with Gasteiger partial charge in [-0.05, 0) is 38.0 Å². The van der Waals surface area contributed by atoms with E-state index in [0.717, 1.165) is 18.2 Å². The van der Waals surface area contributed by atoms with Crippen LogP contribution in [0.5, 0.6) is 0 Å². The molecule has 1 heterocycles. The first-order valence-corrected chi connectivity index (χ1v) is 6.61. The van der Waals surface area contributed by atoms with E-state index >= 15 is 0 Å². The third kappa shape index (κ3) is 2.48. The van der Waals surface area contributed by atoms with Gasteiger partial charge in [-0.15, -0.1) is 0 Å². The summed E-state index contributed by atoms with van der Waals surface area (Å²) in [6.07, 6.45) is 3.46. The molecule has 0 aliphatic heterocycles. The molecule has 2 aromatic rings. The maximum Gasteiger partial charge on any atom is 0.150 e. The van der Waals surface area contributed by atoms with E-state index in [1.54, 1.807) is 12.3 Å². The lowest BCUT2D eigenvalue weighted by atomic mass is 9.94. The van der Waals surface area contributed by atoms with Crippen LogP contribution >= 0.6 is 0 Å². The number of nitrogens with two attached hydrogens (primary N) is 1. The first-order valence-electron chi connectivity index (χ1n) is 6.61. The first-order chi connectivity index (χ1) is 9.00. The quantitative estimate of drug-likeness (QED) is 0.819. The van der Waals surface area contributed by atoms with Gasteiger partial charge in [-0.3, -0.25) is 4.98 Å². The molecule has 0 aliphatic carbocycles. The summed E-state index contributed by atoms with van der Waals surface area (Å²) in [6.45, 7) is 6.25. The monoisotopic (exact) mass is 261 g/mol. The van der Waals surface area contributed by atoms with Gasteiger partial charge in [0.2, 0.25) is 0 Å². The summed E-state index contributed by atoms with van der Waals surface area (Å²) in [6, 6.07) is 5.02. The third-order valence-corrected chi connectivity index (χ3v) is 3.86. The zero-order chi connectivity index (χ0) is 14.0. The molecule has 19 heavy (non-hydrogen) atoms. The average Bonchev–Trinajstić information content (AvgIpc) is 2.43. The Morgan fingerprint density at radius 3 is 2.68 bits per heavy atom. The van der Waals surface area contributed by atoms with E-state index < -0.39 is 0 Å². The first kappa shape index (κ1) is 13.6. The van der Waals surface area contributed by atoms with Crippen molar-refractivity contribution in [3.63, 3.8) is 0 Å². The van der Waals surface area contributed by atoms with Crippen LogP contribution in [0.3, 0.4) is 0 Å². The molecule has 0 saturated heterocycles. The zero-order valence-corrected chi connectivity index (χ0v) is 11.6. The third-order valence-electron chi connectivity index (χ3n) is 3.86. The fourth-order valence-corrected chi connectivity index (χ4v) is 2.08. The van der Waals surface area contributed by atoms with Gasteiger partial charge in [0.05, 0.1) is 11.2 Å². The van der Waals surface area contributed by atoms with Crippen LogP contribution in [0.4, 0.5) is 15.8 Å². The number of hydrogen-bond donors (Lipinski definition) is 2. The lowest BCUT2D eigenvalue weighted by molar-refractivity contribution is 0.474. The van der Waals surface area contributed by atoms with Gasteiger partial charge < -0.3 is 11.1 Å². The topological polar surface area (TPSA) is 50.9 Å². The molecule has 0 unspecified atom stereocenters. The molecule has 0 saturated carbocycles. The maximum absolute atomic E-state index is 14.2. The molecule has 0 spiro atoms. The second-order valence-electron chi connectivity index (χ2n) is 5.11. The number of aromatic nitrogens is 1. The highest BCUT2D eigenvalue weighted by Gasteiger charge is 2.23. The Kier molecular flexibility index (Phi) is 3.60. The summed E-state index contributed by atoms with van der Waals surface area (Å²) in [4.78, 5) is 4.27. The van der Waals surface area contributed by atoms with Gasteiger partial charge in [-0.25, -0.2) is 4.39 Å². The highest BCUT2D eigenvalue weighted by Crippen LogP contribution is 2.32. The molecule has 0 fully saturated rings. The van der Waals surface area contributed by atoms with Gasteiger partial charge in [0.15, 0.2) is 5.82 Å². The summed E-state index contributed by atoms with van der Waals surface area (Å²) in [5.74, 6) is -0.350. The van der Waals surface area contributed by atoms with Crippen molar-refractivity contribution in [1.82, 2.24) is 4.98 Å². The van der Waals surface area contributed by atoms with Crippen LogP contribution < -0.4 is 11.1 Å². The normalized spacial score (nSPS) is 11.8. The summed E-state index contributed by atoms with van der Waals surface area (Å²) in [5, 5.41) is 4.08. The highest BCUT2D eigenvalue weighted by molar-refractivity contribution is 5.98. The van der Waals surface area contributed by atoms with Crippen molar-refractivity contribution in [2.24, 2.45) is 0 Å². The molecule has 0 radical (unpaired) electrons. The van der Waals surface area contributed by atoms with Crippen LogP contribution in [-0.4, -0.2) is 10.5 Å². The second kappa shape index (κ2) is 5.03. The van der Waals surface area contributed by atoms with Gasteiger partial charge in [-0.2, -0.15) is 0 Å². The standard InChI is InChI=1S/C15H20FN3/c1-4-15(3,5-2)19-14-11(16)9-12(17)10-7-6-8-18-13(10)14/h6-9,19H,4-5,17H2,1-3H3. The lowest BCUT2D eigenvalue weighted by Crippen LogP contribution is -2.33. The molecule has 1 aromatic heterocycles. The van der Waals surface area contributed by atoms with Crippen molar-refractivity contribution < 1.29 is 4.39 Å². The van der Waals surface area contributed by atoms with E-state index in [2.05, 4.69) is 31.1 Å². The van der Waals surface area contributed by atoms with Crippen molar-refractivity contribution in [2.45, 2.75) is 39.2 Å². The summed E-state index contributed by atoms with van der Waals surface area (Å²) in [7, 11) is 0. The van der Waals surface area contributed by atoms with Gasteiger partial charge >= 0.3 is 0 Å². The molecular formula is C15H20FN3. The molecule has 3 N–H and O–H groups in total. The fourth-order valence-electron chi connectivity index (χ4n) is 2.08. The number of halogens is 1. The molecule has 0 atom stereocenters. The Balaban J connectivity index is 2.60. The molecule has 2 rings (SSSR count). The smallest absolute Gasteiger partial charge is 0.150 e. The van der Waals surface area contributed by atoms with Crippen LogP contribution in [0.2, 0.25) is 0 Å². The predicted octanol–water partition coefficient (Wildman–Crippen LogP) is 3.95. The Bertz CT molecular complexity index is 591. The van der Waals surface area contributed by atoms with Crippen LogP contribution in [0, 0.1) is 5.82 Å². The van der Waals surface area contributed by atoms with Crippen molar-refractivity contribution >= 4 is 22.3 Å². The second-order valence-corrected chi connectivity index (χ2v) is 5.11. The minimum Gasteiger partial charge on any atom is -0.398 e. The van der Waals surface area contributed by atoms with E-state index in [0.29, 0.717) is 16.9 Å². The van der Waals surface area contributed by atoms with E-state index in [1.165, 1.54) is 6.07 Å².